The van der Waals surface area contributed by atoms with E-state index in [-0.39, 0.29) is 17.0 Å². The van der Waals surface area contributed by atoms with Gasteiger partial charge in [-0.1, -0.05) is 18.2 Å². The number of nitrogens with zero attached hydrogens (tertiary/aromatic N) is 3. The second-order valence-electron chi connectivity index (χ2n) is 6.14. The number of imidazole rings is 1. The van der Waals surface area contributed by atoms with Crippen molar-refractivity contribution in [3.05, 3.63) is 60.4 Å². The molecule has 2 N–H and O–H groups in total. The largest absolute Gasteiger partial charge is 0.343 e. The van der Waals surface area contributed by atoms with Crippen molar-refractivity contribution in [3.63, 3.8) is 0 Å². The molecule has 0 atom stereocenters. The Morgan fingerprint density at radius 2 is 1.86 bits per heavy atom. The minimum absolute atomic E-state index is 0.000475. The molecule has 0 saturated carbocycles. The van der Waals surface area contributed by atoms with Crippen LogP contribution >= 0.6 is 0 Å². The molecule has 9 nitrogen and oxygen atoms in total. The molecule has 0 aliphatic carbocycles. The smallest absolute Gasteiger partial charge is 0.258 e. The van der Waals surface area contributed by atoms with Crippen molar-refractivity contribution in [2.24, 2.45) is 0 Å². The molecule has 0 aliphatic heterocycles. The van der Waals surface area contributed by atoms with Gasteiger partial charge in [-0.2, -0.15) is 0 Å². The first-order chi connectivity index (χ1) is 13.3. The Labute approximate surface area is 162 Å². The Kier molecular flexibility index (Phi) is 5.43. The molecular formula is C18H19N5O4S. The Hall–Kier alpha value is -3.24. The van der Waals surface area contributed by atoms with Crippen LogP contribution in [0.2, 0.25) is 0 Å². The van der Waals surface area contributed by atoms with Crippen molar-refractivity contribution in [2.45, 2.75) is 4.90 Å². The molecule has 28 heavy (non-hydrogen) atoms. The zero-order valence-corrected chi connectivity index (χ0v) is 16.1. The lowest BCUT2D eigenvalue weighted by Gasteiger charge is -2.12. The van der Waals surface area contributed by atoms with Crippen molar-refractivity contribution >= 4 is 32.9 Å². The van der Waals surface area contributed by atoms with Gasteiger partial charge < -0.3 is 5.32 Å². The fourth-order valence-corrected chi connectivity index (χ4v) is 3.44. The lowest BCUT2D eigenvalue weighted by molar-refractivity contribution is -0.116. The molecule has 0 spiro atoms. The van der Waals surface area contributed by atoms with Gasteiger partial charge in [0.05, 0.1) is 22.5 Å². The summed E-state index contributed by atoms with van der Waals surface area (Å²) in [6.45, 7) is -0.282. The van der Waals surface area contributed by atoms with E-state index in [9.17, 15) is 18.0 Å². The standard InChI is InChI=1S/C18H19N5O4S/c1-22(2)28(26,27)14-7-5-6-13(10-14)18(25)19-11-17(24)21-23-12-20-15-8-3-4-9-16(15)23/h3-10,12H,11H2,1-2H3,(H,19,25)(H,21,24). The van der Waals surface area contributed by atoms with E-state index in [2.05, 4.69) is 15.7 Å². The van der Waals surface area contributed by atoms with Crippen LogP contribution in [0.1, 0.15) is 10.4 Å². The van der Waals surface area contributed by atoms with Gasteiger partial charge in [-0.15, -0.1) is 0 Å². The molecule has 0 unspecified atom stereocenters. The molecule has 0 aliphatic rings. The molecule has 0 radical (unpaired) electrons. The van der Waals surface area contributed by atoms with Crippen molar-refractivity contribution in [3.8, 4) is 0 Å². The zero-order chi connectivity index (χ0) is 20.3. The number of hydrogen-bond acceptors (Lipinski definition) is 5. The van der Waals surface area contributed by atoms with Gasteiger partial charge in [0.25, 0.3) is 11.8 Å². The van der Waals surface area contributed by atoms with Crippen molar-refractivity contribution in [1.82, 2.24) is 19.3 Å². The van der Waals surface area contributed by atoms with Gasteiger partial charge in [0.1, 0.15) is 6.33 Å². The van der Waals surface area contributed by atoms with E-state index < -0.39 is 21.8 Å². The maximum absolute atomic E-state index is 12.3. The predicted molar refractivity (Wildman–Crippen MR) is 104 cm³/mol. The number of hydrogen-bond donors (Lipinski definition) is 2. The van der Waals surface area contributed by atoms with E-state index in [1.807, 2.05) is 18.2 Å². The molecular weight excluding hydrogens is 382 g/mol. The quantitative estimate of drug-likeness (QED) is 0.634. The van der Waals surface area contributed by atoms with E-state index in [0.29, 0.717) is 0 Å². The number of benzene rings is 2. The monoisotopic (exact) mass is 401 g/mol. The van der Waals surface area contributed by atoms with Crippen LogP contribution in [0.15, 0.2) is 59.8 Å². The van der Waals surface area contributed by atoms with Gasteiger partial charge in [0.2, 0.25) is 10.0 Å². The highest BCUT2D eigenvalue weighted by Gasteiger charge is 2.19. The first kappa shape index (κ1) is 19.5. The van der Waals surface area contributed by atoms with Gasteiger partial charge in [0, 0.05) is 19.7 Å². The molecule has 2 amide bonds. The van der Waals surface area contributed by atoms with Crippen molar-refractivity contribution in [2.75, 3.05) is 26.1 Å². The number of para-hydroxylation sites is 2. The zero-order valence-electron chi connectivity index (χ0n) is 15.3. The van der Waals surface area contributed by atoms with Crippen LogP contribution < -0.4 is 10.7 Å². The highest BCUT2D eigenvalue weighted by molar-refractivity contribution is 7.89. The van der Waals surface area contributed by atoms with Gasteiger partial charge >= 0.3 is 0 Å². The van der Waals surface area contributed by atoms with Crippen LogP contribution in [0, 0.1) is 0 Å². The van der Waals surface area contributed by atoms with Gasteiger partial charge in [0.15, 0.2) is 0 Å². The van der Waals surface area contributed by atoms with Crippen molar-refractivity contribution in [1.29, 1.82) is 0 Å². The molecule has 0 fully saturated rings. The third-order valence-electron chi connectivity index (χ3n) is 3.98. The van der Waals surface area contributed by atoms with Gasteiger partial charge in [-0.25, -0.2) is 22.4 Å². The lowest BCUT2D eigenvalue weighted by Crippen LogP contribution is -2.35. The van der Waals surface area contributed by atoms with E-state index in [1.54, 1.807) is 6.07 Å². The normalized spacial score (nSPS) is 11.5. The summed E-state index contributed by atoms with van der Waals surface area (Å²) in [5, 5.41) is 2.47. The summed E-state index contributed by atoms with van der Waals surface area (Å²) in [5.41, 5.74) is 4.22. The number of carbonyl (C=O) groups excluding carboxylic acids is 2. The maximum atomic E-state index is 12.3. The number of sulfonamides is 1. The highest BCUT2D eigenvalue weighted by Crippen LogP contribution is 2.15. The minimum atomic E-state index is -3.66. The first-order valence-electron chi connectivity index (χ1n) is 8.32. The van der Waals surface area contributed by atoms with E-state index >= 15 is 0 Å². The molecule has 10 heteroatoms. The molecule has 0 bridgehead atoms. The SMILES string of the molecule is CN(C)S(=O)(=O)c1cccc(C(=O)NCC(=O)Nn2cnc3ccccc32)c1. The van der Waals surface area contributed by atoms with Gasteiger partial charge in [-0.05, 0) is 30.3 Å². The summed E-state index contributed by atoms with van der Waals surface area (Å²) in [4.78, 5) is 28.6. The van der Waals surface area contributed by atoms with Crippen LogP contribution in [0.3, 0.4) is 0 Å². The van der Waals surface area contributed by atoms with Crippen LogP contribution in [0.4, 0.5) is 0 Å². The molecule has 2 aromatic carbocycles. The molecule has 146 valence electrons. The summed E-state index contributed by atoms with van der Waals surface area (Å²) in [6, 6.07) is 12.9. The summed E-state index contributed by atoms with van der Waals surface area (Å²) in [6.07, 6.45) is 1.47. The van der Waals surface area contributed by atoms with Crippen LogP contribution in [0.5, 0.6) is 0 Å². The topological polar surface area (TPSA) is 113 Å². The summed E-state index contributed by atoms with van der Waals surface area (Å²) in [7, 11) is -0.838. The maximum Gasteiger partial charge on any atom is 0.258 e. The third-order valence-corrected chi connectivity index (χ3v) is 5.79. The Morgan fingerprint density at radius 3 is 2.61 bits per heavy atom. The molecule has 1 heterocycles. The molecule has 1 aromatic heterocycles. The van der Waals surface area contributed by atoms with Crippen LogP contribution in [-0.2, 0) is 14.8 Å². The lowest BCUT2D eigenvalue weighted by atomic mass is 10.2. The minimum Gasteiger partial charge on any atom is -0.343 e. The van der Waals surface area contributed by atoms with E-state index in [0.717, 1.165) is 15.3 Å². The average molecular weight is 401 g/mol. The van der Waals surface area contributed by atoms with Crippen LogP contribution in [-0.4, -0.2) is 54.8 Å². The Morgan fingerprint density at radius 1 is 1.11 bits per heavy atom. The predicted octanol–water partition coefficient (Wildman–Crippen LogP) is 0.787. The van der Waals surface area contributed by atoms with E-state index in [4.69, 9.17) is 0 Å². The third kappa shape index (κ3) is 4.02. The Bertz CT molecular complexity index is 1140. The fourth-order valence-electron chi connectivity index (χ4n) is 2.49. The average Bonchev–Trinajstić information content (AvgIpc) is 3.09. The second-order valence-corrected chi connectivity index (χ2v) is 8.29. The number of fused-ring (bicyclic) bond motifs is 1. The number of nitrogens with one attached hydrogen (secondary N) is 2. The second kappa shape index (κ2) is 7.79. The van der Waals surface area contributed by atoms with Crippen LogP contribution in [0.25, 0.3) is 11.0 Å². The van der Waals surface area contributed by atoms with Gasteiger partial charge in [-0.3, -0.25) is 15.0 Å². The fraction of sp³-hybridized carbons (Fsp3) is 0.167. The number of carbonyl (C=O) groups is 2. The van der Waals surface area contributed by atoms with Crippen molar-refractivity contribution < 1.29 is 18.0 Å². The summed E-state index contributed by atoms with van der Waals surface area (Å²) >= 11 is 0. The molecule has 3 rings (SSSR count). The summed E-state index contributed by atoms with van der Waals surface area (Å²) < 4.78 is 26.9. The first-order valence-corrected chi connectivity index (χ1v) is 9.76. The summed E-state index contributed by atoms with van der Waals surface area (Å²) in [5.74, 6) is -1.00. The molecule has 0 saturated heterocycles. The Balaban J connectivity index is 1.65. The molecule has 3 aromatic rings. The number of amides is 2. The van der Waals surface area contributed by atoms with E-state index in [1.165, 1.54) is 49.4 Å². The number of aromatic nitrogens is 2. The highest BCUT2D eigenvalue weighted by atomic mass is 32.2. The number of rotatable bonds is 6.